The topological polar surface area (TPSA) is 55.1 Å². The number of aromatic nitrogens is 2. The second kappa shape index (κ2) is 5.83. The molecule has 0 spiro atoms. The number of carboxylic acids is 1. The maximum atomic E-state index is 11.4. The first-order valence-electron chi connectivity index (χ1n) is 6.22. The molecule has 0 aliphatic heterocycles. The van der Waals surface area contributed by atoms with Crippen molar-refractivity contribution in [3.05, 3.63) is 63.6 Å². The van der Waals surface area contributed by atoms with E-state index >= 15 is 0 Å². The van der Waals surface area contributed by atoms with Crippen LogP contribution < -0.4 is 0 Å². The Morgan fingerprint density at radius 1 is 1.33 bits per heavy atom. The van der Waals surface area contributed by atoms with Gasteiger partial charge < -0.3 is 5.11 Å². The Balaban J connectivity index is 1.97. The first kappa shape index (κ1) is 14.0. The van der Waals surface area contributed by atoms with Crippen LogP contribution in [0.3, 0.4) is 0 Å². The van der Waals surface area contributed by atoms with Crippen molar-refractivity contribution in [1.82, 2.24) is 9.78 Å². The van der Waals surface area contributed by atoms with Crippen molar-refractivity contribution in [2.45, 2.75) is 6.54 Å². The van der Waals surface area contributed by atoms with Gasteiger partial charge in [0.2, 0.25) is 0 Å². The van der Waals surface area contributed by atoms with E-state index in [1.54, 1.807) is 10.9 Å². The van der Waals surface area contributed by atoms with E-state index in [2.05, 4.69) is 21.0 Å². The fourth-order valence-corrected chi connectivity index (χ4v) is 3.25. The average Bonchev–Trinajstić information content (AvgIpc) is 3.06. The quantitative estimate of drug-likeness (QED) is 0.759. The molecule has 4 nitrogen and oxygen atoms in total. The van der Waals surface area contributed by atoms with E-state index < -0.39 is 5.97 Å². The van der Waals surface area contributed by atoms with Gasteiger partial charge in [0.1, 0.15) is 11.3 Å². The smallest absolute Gasteiger partial charge is 0.339 e. The van der Waals surface area contributed by atoms with Gasteiger partial charge in [0.15, 0.2) is 0 Å². The molecule has 3 aromatic rings. The standard InChI is InChI=1S/C15H11BrN2O2S/c16-11-4-1-3-10(7-11)8-18-9-12(15(19)20)14(17-18)13-5-2-6-21-13/h1-7,9H,8H2,(H,19,20). The van der Waals surface area contributed by atoms with Crippen molar-refractivity contribution in [2.75, 3.05) is 0 Å². The lowest BCUT2D eigenvalue weighted by atomic mass is 10.2. The molecule has 0 amide bonds. The van der Waals surface area contributed by atoms with E-state index in [1.165, 1.54) is 11.3 Å². The van der Waals surface area contributed by atoms with E-state index in [-0.39, 0.29) is 5.56 Å². The molecular formula is C15H11BrN2O2S. The molecule has 0 aliphatic carbocycles. The van der Waals surface area contributed by atoms with Crippen LogP contribution in [-0.4, -0.2) is 20.9 Å². The Bertz CT molecular complexity index is 781. The summed E-state index contributed by atoms with van der Waals surface area (Å²) < 4.78 is 2.66. The van der Waals surface area contributed by atoms with Gasteiger partial charge in [-0.1, -0.05) is 34.1 Å². The fourth-order valence-electron chi connectivity index (χ4n) is 2.08. The summed E-state index contributed by atoms with van der Waals surface area (Å²) in [7, 11) is 0. The zero-order valence-corrected chi connectivity index (χ0v) is 13.3. The van der Waals surface area contributed by atoms with Gasteiger partial charge in [0.05, 0.1) is 11.4 Å². The Hall–Kier alpha value is -1.92. The second-order valence-electron chi connectivity index (χ2n) is 4.50. The number of halogens is 1. The summed E-state index contributed by atoms with van der Waals surface area (Å²) in [5, 5.41) is 15.7. The van der Waals surface area contributed by atoms with Crippen LogP contribution in [0.4, 0.5) is 0 Å². The lowest BCUT2D eigenvalue weighted by molar-refractivity contribution is 0.0697. The first-order chi connectivity index (χ1) is 10.1. The summed E-state index contributed by atoms with van der Waals surface area (Å²) in [6, 6.07) is 11.6. The van der Waals surface area contributed by atoms with Crippen molar-refractivity contribution in [3.63, 3.8) is 0 Å². The number of carboxylic acid groups (broad SMARTS) is 1. The number of carbonyl (C=O) groups is 1. The van der Waals surface area contributed by atoms with Gasteiger partial charge in [-0.2, -0.15) is 5.10 Å². The summed E-state index contributed by atoms with van der Waals surface area (Å²) in [5.41, 5.74) is 1.81. The number of benzene rings is 1. The Kier molecular flexibility index (Phi) is 3.90. The number of hydrogen-bond acceptors (Lipinski definition) is 3. The maximum absolute atomic E-state index is 11.4. The van der Waals surface area contributed by atoms with E-state index in [0.717, 1.165) is 14.9 Å². The van der Waals surface area contributed by atoms with E-state index in [4.69, 9.17) is 0 Å². The molecule has 2 aromatic heterocycles. The lowest BCUT2D eigenvalue weighted by Gasteiger charge is -2.02. The Morgan fingerprint density at radius 3 is 2.86 bits per heavy atom. The predicted molar refractivity (Wildman–Crippen MR) is 85.7 cm³/mol. The highest BCUT2D eigenvalue weighted by Crippen LogP contribution is 2.27. The summed E-state index contributed by atoms with van der Waals surface area (Å²) in [4.78, 5) is 12.2. The molecule has 0 aliphatic rings. The number of aromatic carboxylic acids is 1. The third-order valence-electron chi connectivity index (χ3n) is 2.98. The lowest BCUT2D eigenvalue weighted by Crippen LogP contribution is -2.00. The highest BCUT2D eigenvalue weighted by atomic mass is 79.9. The Morgan fingerprint density at radius 2 is 2.19 bits per heavy atom. The van der Waals surface area contributed by atoms with Crippen molar-refractivity contribution < 1.29 is 9.90 Å². The number of hydrogen-bond donors (Lipinski definition) is 1. The van der Waals surface area contributed by atoms with E-state index in [9.17, 15) is 9.90 Å². The molecule has 0 bridgehead atoms. The molecule has 21 heavy (non-hydrogen) atoms. The molecule has 106 valence electrons. The van der Waals surface area contributed by atoms with Crippen LogP contribution >= 0.6 is 27.3 Å². The van der Waals surface area contributed by atoms with Crippen LogP contribution in [0, 0.1) is 0 Å². The summed E-state index contributed by atoms with van der Waals surface area (Å²) in [6.45, 7) is 0.533. The average molecular weight is 363 g/mol. The molecule has 1 aromatic carbocycles. The van der Waals surface area contributed by atoms with Crippen LogP contribution in [0.2, 0.25) is 0 Å². The van der Waals surface area contributed by atoms with Gasteiger partial charge in [-0.25, -0.2) is 4.79 Å². The number of rotatable bonds is 4. The highest BCUT2D eigenvalue weighted by molar-refractivity contribution is 9.10. The minimum atomic E-state index is -0.959. The number of thiophene rings is 1. The molecule has 6 heteroatoms. The molecular weight excluding hydrogens is 352 g/mol. The monoisotopic (exact) mass is 362 g/mol. The number of nitrogens with zero attached hydrogens (tertiary/aromatic N) is 2. The van der Waals surface area contributed by atoms with Crippen LogP contribution in [0.25, 0.3) is 10.6 Å². The molecule has 0 fully saturated rings. The van der Waals surface area contributed by atoms with Crippen molar-refractivity contribution in [3.8, 4) is 10.6 Å². The first-order valence-corrected chi connectivity index (χ1v) is 7.90. The van der Waals surface area contributed by atoms with E-state index in [0.29, 0.717) is 12.2 Å². The molecule has 0 saturated heterocycles. The maximum Gasteiger partial charge on any atom is 0.339 e. The molecule has 2 heterocycles. The van der Waals surface area contributed by atoms with Gasteiger partial charge in [-0.3, -0.25) is 4.68 Å². The van der Waals surface area contributed by atoms with Crippen LogP contribution in [0.5, 0.6) is 0 Å². The second-order valence-corrected chi connectivity index (χ2v) is 6.36. The molecule has 3 rings (SSSR count). The summed E-state index contributed by atoms with van der Waals surface area (Å²) in [6.07, 6.45) is 1.58. The van der Waals surface area contributed by atoms with Gasteiger partial charge in [-0.05, 0) is 29.1 Å². The SMILES string of the molecule is O=C(O)c1cn(Cc2cccc(Br)c2)nc1-c1cccs1. The molecule has 0 saturated carbocycles. The third kappa shape index (κ3) is 3.06. The van der Waals surface area contributed by atoms with Crippen LogP contribution in [0.1, 0.15) is 15.9 Å². The zero-order chi connectivity index (χ0) is 14.8. The Labute approximate surface area is 133 Å². The van der Waals surface area contributed by atoms with Gasteiger partial charge >= 0.3 is 5.97 Å². The van der Waals surface area contributed by atoms with Crippen LogP contribution in [-0.2, 0) is 6.54 Å². The normalized spacial score (nSPS) is 10.7. The minimum absolute atomic E-state index is 0.229. The van der Waals surface area contributed by atoms with Crippen molar-refractivity contribution in [2.24, 2.45) is 0 Å². The summed E-state index contributed by atoms with van der Waals surface area (Å²) >= 11 is 4.91. The third-order valence-corrected chi connectivity index (χ3v) is 4.35. The summed E-state index contributed by atoms with van der Waals surface area (Å²) in [5.74, 6) is -0.959. The van der Waals surface area contributed by atoms with Crippen molar-refractivity contribution >= 4 is 33.2 Å². The molecule has 1 N–H and O–H groups in total. The molecule has 0 radical (unpaired) electrons. The van der Waals surface area contributed by atoms with Gasteiger partial charge in [-0.15, -0.1) is 11.3 Å². The van der Waals surface area contributed by atoms with Gasteiger partial charge in [0, 0.05) is 10.7 Å². The van der Waals surface area contributed by atoms with Crippen molar-refractivity contribution in [1.29, 1.82) is 0 Å². The molecule has 0 unspecified atom stereocenters. The van der Waals surface area contributed by atoms with Crippen LogP contribution in [0.15, 0.2) is 52.4 Å². The zero-order valence-electron chi connectivity index (χ0n) is 10.9. The molecule has 0 atom stereocenters. The fraction of sp³-hybridized carbons (Fsp3) is 0.0667. The van der Waals surface area contributed by atoms with Gasteiger partial charge in [0.25, 0.3) is 0 Å². The highest BCUT2D eigenvalue weighted by Gasteiger charge is 2.17. The predicted octanol–water partition coefficient (Wildman–Crippen LogP) is 4.12. The largest absolute Gasteiger partial charge is 0.478 e. The van der Waals surface area contributed by atoms with E-state index in [1.807, 2.05) is 41.8 Å². The minimum Gasteiger partial charge on any atom is -0.478 e.